The van der Waals surface area contributed by atoms with Gasteiger partial charge in [-0.1, -0.05) is 62.9 Å². The number of carbonyl (C=O) groups excluding carboxylic acids is 3. The Morgan fingerprint density at radius 2 is 1.74 bits per heavy atom. The van der Waals surface area contributed by atoms with Crippen LogP contribution in [0.2, 0.25) is 0 Å². The maximum atomic E-state index is 13.6. The number of nitrogens with one attached hydrogen (secondary N) is 2. The van der Waals surface area contributed by atoms with Gasteiger partial charge in [-0.2, -0.15) is 0 Å². The molecule has 1 aromatic rings. The number of rotatable bonds is 5. The lowest BCUT2D eigenvalue weighted by Crippen LogP contribution is -2.45. The van der Waals surface area contributed by atoms with E-state index in [1.54, 1.807) is 26.8 Å². The van der Waals surface area contributed by atoms with Gasteiger partial charge in [0.1, 0.15) is 11.3 Å². The number of allylic oxidation sites excluding steroid dienone is 2. The van der Waals surface area contributed by atoms with E-state index in [1.165, 1.54) is 22.3 Å². The summed E-state index contributed by atoms with van der Waals surface area (Å²) in [6.45, 7) is 15.6. The number of benzene rings is 1. The standard InChI is InChI=1S/C27H37N3O4S/c1-16(2)28-24(32)20-14-18(13-17-9-11-19(12-10-17)26(3,4)5)22(31)21-23(20)35-15-30(21)29-25(33)34-27(6,7)8/h9-12,14,16,18H,13,15H2,1-8H3,(H,28,32)(H,29,33). The van der Waals surface area contributed by atoms with E-state index in [0.717, 1.165) is 5.56 Å². The van der Waals surface area contributed by atoms with Crippen molar-refractivity contribution in [3.05, 3.63) is 57.6 Å². The predicted octanol–water partition coefficient (Wildman–Crippen LogP) is 4.83. The van der Waals surface area contributed by atoms with Crippen LogP contribution in [0, 0.1) is 5.92 Å². The van der Waals surface area contributed by atoms with Crippen molar-refractivity contribution in [3.8, 4) is 0 Å². The molecule has 1 heterocycles. The summed E-state index contributed by atoms with van der Waals surface area (Å²) < 4.78 is 5.37. The first-order valence-corrected chi connectivity index (χ1v) is 12.9. The molecule has 1 unspecified atom stereocenters. The summed E-state index contributed by atoms with van der Waals surface area (Å²) in [5, 5.41) is 4.44. The molecule has 0 radical (unpaired) electrons. The normalized spacial score (nSPS) is 18.4. The van der Waals surface area contributed by atoms with Gasteiger partial charge in [-0.05, 0) is 57.6 Å². The zero-order valence-electron chi connectivity index (χ0n) is 21.9. The number of nitrogens with zero attached hydrogens (tertiary/aromatic N) is 1. The Kier molecular flexibility index (Phi) is 7.74. The molecule has 0 saturated heterocycles. The second-order valence-corrected chi connectivity index (χ2v) is 12.3. The molecule has 1 aliphatic carbocycles. The summed E-state index contributed by atoms with van der Waals surface area (Å²) in [4.78, 5) is 39.7. The van der Waals surface area contributed by atoms with Crippen molar-refractivity contribution in [2.75, 3.05) is 5.88 Å². The molecule has 7 nitrogen and oxygen atoms in total. The van der Waals surface area contributed by atoms with Crippen molar-refractivity contribution < 1.29 is 19.1 Å². The smallest absolute Gasteiger partial charge is 0.426 e. The molecule has 190 valence electrons. The van der Waals surface area contributed by atoms with Crippen molar-refractivity contribution >= 4 is 29.5 Å². The fourth-order valence-corrected chi connectivity index (χ4v) is 5.04. The highest BCUT2D eigenvalue weighted by atomic mass is 32.2. The molecule has 0 aromatic heterocycles. The molecule has 0 saturated carbocycles. The number of ketones is 1. The molecular weight excluding hydrogens is 462 g/mol. The average Bonchev–Trinajstić information content (AvgIpc) is 3.11. The minimum absolute atomic E-state index is 0.0375. The van der Waals surface area contributed by atoms with E-state index in [-0.39, 0.29) is 23.1 Å². The van der Waals surface area contributed by atoms with Crippen LogP contribution >= 0.6 is 11.8 Å². The van der Waals surface area contributed by atoms with Gasteiger partial charge in [0, 0.05) is 12.0 Å². The predicted molar refractivity (Wildman–Crippen MR) is 139 cm³/mol. The zero-order chi connectivity index (χ0) is 26.1. The number of hydrogen-bond acceptors (Lipinski definition) is 6. The van der Waals surface area contributed by atoms with Crippen LogP contribution in [-0.4, -0.2) is 40.3 Å². The number of carbonyl (C=O) groups is 3. The SMILES string of the molecule is CC(C)NC(=O)C1=CC(Cc2ccc(C(C)(C)C)cc2)C(=O)C2=C1SCN2NC(=O)OC(C)(C)C. The van der Waals surface area contributed by atoms with E-state index in [9.17, 15) is 14.4 Å². The van der Waals surface area contributed by atoms with Gasteiger partial charge in [-0.25, -0.2) is 10.2 Å². The average molecular weight is 500 g/mol. The minimum Gasteiger partial charge on any atom is -0.443 e. The zero-order valence-corrected chi connectivity index (χ0v) is 22.8. The quantitative estimate of drug-likeness (QED) is 0.603. The van der Waals surface area contributed by atoms with Crippen LogP contribution < -0.4 is 10.7 Å². The molecule has 2 aliphatic rings. The van der Waals surface area contributed by atoms with Crippen LogP contribution in [0.3, 0.4) is 0 Å². The lowest BCUT2D eigenvalue weighted by atomic mass is 9.84. The van der Waals surface area contributed by atoms with Crippen molar-refractivity contribution in [3.63, 3.8) is 0 Å². The number of ether oxygens (including phenoxy) is 1. The van der Waals surface area contributed by atoms with E-state index in [2.05, 4.69) is 43.6 Å². The van der Waals surface area contributed by atoms with E-state index in [4.69, 9.17) is 4.74 Å². The van der Waals surface area contributed by atoms with E-state index < -0.39 is 17.6 Å². The first-order valence-electron chi connectivity index (χ1n) is 12.0. The van der Waals surface area contributed by atoms with Crippen LogP contribution in [0.1, 0.15) is 66.5 Å². The maximum Gasteiger partial charge on any atom is 0.426 e. The first-order chi connectivity index (χ1) is 16.2. The molecule has 0 spiro atoms. The lowest BCUT2D eigenvalue weighted by Gasteiger charge is -2.28. The Morgan fingerprint density at radius 1 is 1.11 bits per heavy atom. The summed E-state index contributed by atoms with van der Waals surface area (Å²) in [7, 11) is 0. The van der Waals surface area contributed by atoms with Crippen LogP contribution in [0.4, 0.5) is 4.79 Å². The molecule has 2 N–H and O–H groups in total. The Morgan fingerprint density at radius 3 is 2.29 bits per heavy atom. The van der Waals surface area contributed by atoms with E-state index >= 15 is 0 Å². The minimum atomic E-state index is -0.672. The van der Waals surface area contributed by atoms with Crippen LogP contribution in [0.25, 0.3) is 0 Å². The molecule has 0 bridgehead atoms. The van der Waals surface area contributed by atoms with Crippen LogP contribution in [0.15, 0.2) is 46.5 Å². The highest BCUT2D eigenvalue weighted by Gasteiger charge is 2.40. The molecule has 3 rings (SSSR count). The molecule has 1 aliphatic heterocycles. The third kappa shape index (κ3) is 6.69. The molecule has 8 heteroatoms. The van der Waals surface area contributed by atoms with Gasteiger partial charge in [0.15, 0.2) is 5.78 Å². The Hall–Kier alpha value is -2.74. The Balaban J connectivity index is 1.90. The molecule has 1 aromatic carbocycles. The number of Topliss-reactive ketones (excluding diaryl/α,β-unsaturated/α-hetero) is 1. The van der Waals surface area contributed by atoms with Crippen LogP contribution in [-0.2, 0) is 26.2 Å². The van der Waals surface area contributed by atoms with Crippen LogP contribution in [0.5, 0.6) is 0 Å². The van der Waals surface area contributed by atoms with Gasteiger partial charge in [-0.15, -0.1) is 0 Å². The van der Waals surface area contributed by atoms with E-state index in [0.29, 0.717) is 28.5 Å². The fraction of sp³-hybridized carbons (Fsp3) is 0.519. The molecule has 0 fully saturated rings. The molecule has 1 atom stereocenters. The van der Waals surface area contributed by atoms with Gasteiger partial charge in [0.25, 0.3) is 5.91 Å². The summed E-state index contributed by atoms with van der Waals surface area (Å²) >= 11 is 1.36. The second-order valence-electron chi connectivity index (χ2n) is 11.3. The van der Waals surface area contributed by atoms with Gasteiger partial charge < -0.3 is 10.1 Å². The van der Waals surface area contributed by atoms with Gasteiger partial charge >= 0.3 is 6.09 Å². The number of hydrazine groups is 1. The second kappa shape index (κ2) is 10.1. The monoisotopic (exact) mass is 499 g/mol. The van der Waals surface area contributed by atoms with Crippen molar-refractivity contribution in [2.24, 2.45) is 5.92 Å². The Bertz CT molecular complexity index is 1060. The molecule has 35 heavy (non-hydrogen) atoms. The molecule has 2 amide bonds. The fourth-order valence-electron chi connectivity index (χ4n) is 3.93. The third-order valence-electron chi connectivity index (χ3n) is 5.57. The van der Waals surface area contributed by atoms with Crippen molar-refractivity contribution in [2.45, 2.75) is 78.9 Å². The van der Waals surface area contributed by atoms with Gasteiger partial charge in [0.2, 0.25) is 0 Å². The molecular formula is C27H37N3O4S. The van der Waals surface area contributed by atoms with Gasteiger partial charge in [-0.3, -0.25) is 14.6 Å². The van der Waals surface area contributed by atoms with Crippen molar-refractivity contribution in [1.29, 1.82) is 0 Å². The number of thioether (sulfide) groups is 1. The number of hydrogen-bond donors (Lipinski definition) is 2. The summed E-state index contributed by atoms with van der Waals surface area (Å²) in [5.74, 6) is -0.555. The third-order valence-corrected chi connectivity index (χ3v) is 6.66. The number of amides is 2. The highest BCUT2D eigenvalue weighted by molar-refractivity contribution is 8.03. The summed E-state index contributed by atoms with van der Waals surface area (Å²) in [6, 6.07) is 8.21. The maximum absolute atomic E-state index is 13.6. The summed E-state index contributed by atoms with van der Waals surface area (Å²) in [5.41, 5.74) is 5.10. The lowest BCUT2D eigenvalue weighted by molar-refractivity contribution is -0.119. The largest absolute Gasteiger partial charge is 0.443 e. The topological polar surface area (TPSA) is 87.7 Å². The first kappa shape index (κ1) is 26.9. The highest BCUT2D eigenvalue weighted by Crippen LogP contribution is 2.42. The van der Waals surface area contributed by atoms with Crippen molar-refractivity contribution in [1.82, 2.24) is 15.8 Å². The van der Waals surface area contributed by atoms with Gasteiger partial charge in [0.05, 0.1) is 16.4 Å². The summed E-state index contributed by atoms with van der Waals surface area (Å²) in [6.07, 6.45) is 1.60. The van der Waals surface area contributed by atoms with E-state index in [1.807, 2.05) is 26.0 Å². The Labute approximate surface area is 212 Å².